The lowest BCUT2D eigenvalue weighted by Gasteiger charge is -2.25. The average molecular weight is 1380 g/mol. The van der Waals surface area contributed by atoms with Crippen LogP contribution in [0.3, 0.4) is 0 Å². The molecule has 0 saturated carbocycles. The third-order valence-corrected chi connectivity index (χ3v) is 17.1. The first-order chi connectivity index (χ1) is 48.5. The summed E-state index contributed by atoms with van der Waals surface area (Å²) in [7, 11) is 0. The van der Waals surface area contributed by atoms with Gasteiger partial charge in [-0.25, -0.2) is 28.8 Å². The molecule has 0 aliphatic heterocycles. The van der Waals surface area contributed by atoms with Crippen molar-refractivity contribution in [3.8, 4) is 23.0 Å². The molecule has 0 N–H and O–H groups in total. The van der Waals surface area contributed by atoms with Gasteiger partial charge in [0, 0.05) is 86.8 Å². The monoisotopic (exact) mass is 1380 g/mol. The highest BCUT2D eigenvalue weighted by Gasteiger charge is 2.26. The fraction of sp³-hybridized carbons (Fsp3) is 0.548. The molecule has 16 heteroatoms. The number of unbranched alkanes of at least 4 members (excludes halogenated alkanes) is 12. The standard InChI is InChI=1S/C84H116O16/c1-11-17-21-25-33-63-49-67-57-71-53-65(35-27-23-19-13-3)55-73(81(71)97-45-31-47-99-83(89)61(7)8)59-69-51-64(34-26-22-18-12-2)52-70(80(69)96-44-30-42-94-78(88)40-38-76(86)92-16-6)60-74-56-66(36-28-24-20-14-4)54-72(82(74)98-46-32-48-100-84(90)62(9)10)58-68(50-63)79(67)95-43-29-41-93-77(87)39-37-75(85)91-15-5/h37-40,49-56H,7,9,11-36,41-48,57-60H2,1-6,8,10H3/b39-37-,40-38-. The van der Waals surface area contributed by atoms with Crippen molar-refractivity contribution in [1.82, 2.24) is 0 Å². The van der Waals surface area contributed by atoms with Crippen LogP contribution in [0.2, 0.25) is 0 Å². The van der Waals surface area contributed by atoms with Crippen LogP contribution in [0.5, 0.6) is 23.0 Å². The fourth-order valence-corrected chi connectivity index (χ4v) is 12.1. The second kappa shape index (κ2) is 47.8. The van der Waals surface area contributed by atoms with Crippen LogP contribution in [0.4, 0.5) is 0 Å². The number of fused-ring (bicyclic) bond motifs is 8. The summed E-state index contributed by atoms with van der Waals surface area (Å²) in [6, 6.07) is 18.4. The van der Waals surface area contributed by atoms with Crippen LogP contribution in [-0.4, -0.2) is 102 Å². The zero-order chi connectivity index (χ0) is 72.3. The van der Waals surface area contributed by atoms with Crippen LogP contribution in [0.25, 0.3) is 0 Å². The first-order valence-electron chi connectivity index (χ1n) is 37.3. The van der Waals surface area contributed by atoms with Crippen LogP contribution in [0.15, 0.2) is 97.1 Å². The minimum Gasteiger partial charge on any atom is -0.493 e. The smallest absolute Gasteiger partial charge is 0.333 e. The molecule has 0 fully saturated rings. The molecule has 548 valence electrons. The predicted molar refractivity (Wildman–Crippen MR) is 394 cm³/mol. The van der Waals surface area contributed by atoms with E-state index in [0.29, 0.717) is 74.0 Å². The highest BCUT2D eigenvalue weighted by Crippen LogP contribution is 2.42. The molecule has 0 aromatic heterocycles. The van der Waals surface area contributed by atoms with E-state index in [1.54, 1.807) is 27.7 Å². The van der Waals surface area contributed by atoms with E-state index in [9.17, 15) is 28.8 Å². The van der Waals surface area contributed by atoms with Crippen molar-refractivity contribution < 1.29 is 76.1 Å². The van der Waals surface area contributed by atoms with Gasteiger partial charge in [0.05, 0.1) is 66.1 Å². The molecule has 0 radical (unpaired) electrons. The first-order valence-corrected chi connectivity index (χ1v) is 37.3. The fourth-order valence-electron chi connectivity index (χ4n) is 12.1. The normalized spacial score (nSPS) is 11.8. The number of aryl methyl sites for hydroxylation is 4. The van der Waals surface area contributed by atoms with E-state index >= 15 is 0 Å². The third-order valence-electron chi connectivity index (χ3n) is 17.1. The molecule has 0 saturated heterocycles. The predicted octanol–water partition coefficient (Wildman–Crippen LogP) is 17.5. The Morgan fingerprint density at radius 3 is 0.730 bits per heavy atom. The van der Waals surface area contributed by atoms with Crippen LogP contribution in [-0.2, 0) is 109 Å². The van der Waals surface area contributed by atoms with Gasteiger partial charge < -0.3 is 47.4 Å². The Kier molecular flexibility index (Phi) is 39.5. The third kappa shape index (κ3) is 30.8. The molecular formula is C84H116O16. The number of esters is 6. The van der Waals surface area contributed by atoms with Gasteiger partial charge in [0.25, 0.3) is 0 Å². The minimum atomic E-state index is -0.664. The number of hydrogen-bond donors (Lipinski definition) is 0. The van der Waals surface area contributed by atoms with Crippen molar-refractivity contribution in [2.24, 2.45) is 0 Å². The highest BCUT2D eigenvalue weighted by atomic mass is 16.6. The van der Waals surface area contributed by atoms with Gasteiger partial charge in [0.1, 0.15) is 23.0 Å². The molecule has 0 spiro atoms. The maximum Gasteiger partial charge on any atom is 0.333 e. The van der Waals surface area contributed by atoms with E-state index in [1.165, 1.54) is 22.3 Å². The number of ether oxygens (including phenoxy) is 10. The zero-order valence-electron chi connectivity index (χ0n) is 61.7. The Bertz CT molecular complexity index is 3000. The summed E-state index contributed by atoms with van der Waals surface area (Å²) in [5.41, 5.74) is 13.1. The Hall–Kier alpha value is -8.14. The molecule has 1 aliphatic rings. The Balaban J connectivity index is 1.88. The molecule has 16 nitrogen and oxygen atoms in total. The molecule has 4 aromatic carbocycles. The summed E-state index contributed by atoms with van der Waals surface area (Å²) in [5.74, 6) is -0.616. The van der Waals surface area contributed by atoms with Gasteiger partial charge in [-0.2, -0.15) is 0 Å². The van der Waals surface area contributed by atoms with E-state index in [1.807, 2.05) is 0 Å². The molecule has 1 aliphatic carbocycles. The minimum absolute atomic E-state index is 0.0360. The molecule has 0 heterocycles. The van der Waals surface area contributed by atoms with Gasteiger partial charge in [-0.3, -0.25) is 0 Å². The summed E-state index contributed by atoms with van der Waals surface area (Å²) in [6.45, 7) is 24.7. The lowest BCUT2D eigenvalue weighted by atomic mass is 9.87. The van der Waals surface area contributed by atoms with Crippen molar-refractivity contribution >= 4 is 35.8 Å². The molecule has 0 atom stereocenters. The van der Waals surface area contributed by atoms with Crippen molar-refractivity contribution in [2.75, 3.05) is 66.1 Å². The van der Waals surface area contributed by atoms with Gasteiger partial charge in [0.15, 0.2) is 0 Å². The topological polar surface area (TPSA) is 195 Å². The summed E-state index contributed by atoms with van der Waals surface area (Å²) in [5, 5.41) is 0. The summed E-state index contributed by atoms with van der Waals surface area (Å²) >= 11 is 0. The van der Waals surface area contributed by atoms with E-state index < -0.39 is 35.8 Å². The summed E-state index contributed by atoms with van der Waals surface area (Å²) in [4.78, 5) is 75.3. The van der Waals surface area contributed by atoms with Crippen molar-refractivity contribution in [2.45, 2.75) is 235 Å². The zero-order valence-corrected chi connectivity index (χ0v) is 61.7. The van der Waals surface area contributed by atoms with Gasteiger partial charge in [0.2, 0.25) is 0 Å². The Morgan fingerprint density at radius 2 is 0.520 bits per heavy atom. The molecule has 0 unspecified atom stereocenters. The molecular weight excluding hydrogens is 1260 g/mol. The number of hydrogen-bond acceptors (Lipinski definition) is 16. The number of rotatable bonds is 48. The Morgan fingerprint density at radius 1 is 0.300 bits per heavy atom. The number of benzene rings is 4. The average Bonchev–Trinajstić information content (AvgIpc) is 0.776. The summed E-state index contributed by atoms with van der Waals surface area (Å²) < 4.78 is 61.1. The lowest BCUT2D eigenvalue weighted by Crippen LogP contribution is -2.14. The SMILES string of the molecule is C=C(C)C(=O)OCCCOc1c2cc(CCCCCC)cc1Cc1cc(CCCCCC)cc(c1OCCCOC(=O)/C=C\C(=O)OCC)Cc1cc(CCCCCC)cc(c1OCCCOC(=O)C(=C)C)Cc1cc(CCCCCC)cc(c1OCCCOC(=O)/C=C\C(=O)OCC)C2. The van der Waals surface area contributed by atoms with Crippen molar-refractivity contribution in [1.29, 1.82) is 0 Å². The molecule has 0 amide bonds. The van der Waals surface area contributed by atoms with E-state index in [-0.39, 0.29) is 66.1 Å². The molecule has 100 heavy (non-hydrogen) atoms. The van der Waals surface area contributed by atoms with Gasteiger partial charge in [-0.1, -0.05) is 166 Å². The van der Waals surface area contributed by atoms with Gasteiger partial charge in [-0.05, 0) is 146 Å². The first kappa shape index (κ1) is 82.5. The van der Waals surface area contributed by atoms with Gasteiger partial charge in [-0.15, -0.1) is 0 Å². The van der Waals surface area contributed by atoms with Crippen LogP contribution >= 0.6 is 0 Å². The quantitative estimate of drug-likeness (QED) is 0.0154. The van der Waals surface area contributed by atoms with Crippen molar-refractivity contribution in [3.63, 3.8) is 0 Å². The lowest BCUT2D eigenvalue weighted by molar-refractivity contribution is -0.140. The highest BCUT2D eigenvalue weighted by molar-refractivity contribution is 5.92. The second-order valence-corrected chi connectivity index (χ2v) is 26.1. The van der Waals surface area contributed by atoms with Crippen LogP contribution in [0, 0.1) is 0 Å². The summed E-state index contributed by atoms with van der Waals surface area (Å²) in [6.07, 6.45) is 28.0. The maximum atomic E-state index is 12.9. The molecule has 4 aromatic rings. The maximum absolute atomic E-state index is 12.9. The van der Waals surface area contributed by atoms with Crippen molar-refractivity contribution in [3.05, 3.63) is 164 Å². The number of carbonyl (C=O) groups excluding carboxylic acids is 6. The second-order valence-electron chi connectivity index (χ2n) is 26.1. The van der Waals surface area contributed by atoms with Gasteiger partial charge >= 0.3 is 35.8 Å². The largest absolute Gasteiger partial charge is 0.493 e. The van der Waals surface area contributed by atoms with E-state index in [4.69, 9.17) is 47.4 Å². The van der Waals surface area contributed by atoms with E-state index in [2.05, 4.69) is 89.4 Å². The number of carbonyl (C=O) groups is 6. The van der Waals surface area contributed by atoms with Crippen LogP contribution in [0.1, 0.15) is 251 Å². The van der Waals surface area contributed by atoms with E-state index in [0.717, 1.165) is 209 Å². The Labute approximate surface area is 597 Å². The molecule has 8 bridgehead atoms. The van der Waals surface area contributed by atoms with Crippen LogP contribution < -0.4 is 18.9 Å². The molecule has 5 rings (SSSR count).